The fourth-order valence-corrected chi connectivity index (χ4v) is 4.54. The van der Waals surface area contributed by atoms with Crippen LogP contribution in [0.3, 0.4) is 0 Å². The van der Waals surface area contributed by atoms with E-state index in [1.807, 2.05) is 25.4 Å². The van der Waals surface area contributed by atoms with Gasteiger partial charge >= 0.3 is 0 Å². The molecule has 0 radical (unpaired) electrons. The molecule has 0 spiro atoms. The van der Waals surface area contributed by atoms with Gasteiger partial charge in [0.15, 0.2) is 5.82 Å². The molecule has 36 heavy (non-hydrogen) atoms. The van der Waals surface area contributed by atoms with Gasteiger partial charge in [0.05, 0.1) is 29.4 Å². The number of aliphatic hydroxyl groups is 1. The van der Waals surface area contributed by atoms with E-state index in [0.717, 1.165) is 67.2 Å². The second-order valence-corrected chi connectivity index (χ2v) is 10.0. The van der Waals surface area contributed by atoms with Crippen LogP contribution in [0.15, 0.2) is 30.6 Å². The van der Waals surface area contributed by atoms with Crippen molar-refractivity contribution in [2.75, 3.05) is 31.2 Å². The van der Waals surface area contributed by atoms with E-state index >= 15 is 0 Å². The van der Waals surface area contributed by atoms with Crippen molar-refractivity contribution in [1.29, 1.82) is 0 Å². The van der Waals surface area contributed by atoms with Crippen LogP contribution in [0.1, 0.15) is 58.4 Å². The zero-order valence-corrected chi connectivity index (χ0v) is 21.8. The molecule has 9 nitrogen and oxygen atoms in total. The Balaban J connectivity index is 1.75. The molecule has 4 rings (SSSR count). The second kappa shape index (κ2) is 11.2. The van der Waals surface area contributed by atoms with E-state index in [4.69, 9.17) is 10.7 Å². The van der Waals surface area contributed by atoms with E-state index in [2.05, 4.69) is 63.4 Å². The first kappa shape index (κ1) is 25.8. The van der Waals surface area contributed by atoms with Gasteiger partial charge in [-0.05, 0) is 62.7 Å². The molecule has 1 aromatic carbocycles. The van der Waals surface area contributed by atoms with Gasteiger partial charge in [-0.15, -0.1) is 0 Å². The number of nitrogens with one attached hydrogen (secondary N) is 2. The quantitative estimate of drug-likeness (QED) is 0.224. The largest absolute Gasteiger partial charge is 0.394 e. The van der Waals surface area contributed by atoms with Gasteiger partial charge in [0.25, 0.3) is 0 Å². The summed E-state index contributed by atoms with van der Waals surface area (Å²) in [4.78, 5) is 16.0. The molecule has 0 aliphatic heterocycles. The number of nitrogen functional groups attached to an aromatic ring is 1. The van der Waals surface area contributed by atoms with E-state index in [1.165, 1.54) is 5.56 Å². The van der Waals surface area contributed by atoms with E-state index in [0.29, 0.717) is 16.9 Å². The van der Waals surface area contributed by atoms with Gasteiger partial charge < -0.3 is 21.1 Å². The fourth-order valence-electron chi connectivity index (χ4n) is 4.54. The first-order valence-electron chi connectivity index (χ1n) is 12.8. The van der Waals surface area contributed by atoms with E-state index in [-0.39, 0.29) is 12.6 Å². The number of aromatic nitrogens is 5. The van der Waals surface area contributed by atoms with Crippen molar-refractivity contribution in [3.8, 4) is 11.1 Å². The molecule has 0 unspecified atom stereocenters. The van der Waals surface area contributed by atoms with Crippen molar-refractivity contribution in [2.45, 2.75) is 65.0 Å². The predicted molar refractivity (Wildman–Crippen MR) is 147 cm³/mol. The molecular weight excluding hydrogens is 452 g/mol. The highest BCUT2D eigenvalue weighted by Crippen LogP contribution is 2.32. The highest BCUT2D eigenvalue weighted by molar-refractivity contribution is 5.92. The SMILES string of the molecule is CCCCN(C)Cc1cc2[nH]ncc2cc1-c1cnc2c(N[C@@](C)(CO)CCCC)nc(N)nc2c1. The smallest absolute Gasteiger partial charge is 0.222 e. The first-order chi connectivity index (χ1) is 17.4. The Labute approximate surface area is 212 Å². The highest BCUT2D eigenvalue weighted by Gasteiger charge is 2.25. The van der Waals surface area contributed by atoms with Gasteiger partial charge in [-0.25, -0.2) is 4.98 Å². The lowest BCUT2D eigenvalue weighted by Gasteiger charge is -2.29. The lowest BCUT2D eigenvalue weighted by atomic mass is 9.95. The van der Waals surface area contributed by atoms with Gasteiger partial charge in [-0.3, -0.25) is 10.1 Å². The number of anilines is 2. The molecule has 0 bridgehead atoms. The molecule has 0 amide bonds. The van der Waals surface area contributed by atoms with Crippen molar-refractivity contribution < 1.29 is 5.11 Å². The van der Waals surface area contributed by atoms with Gasteiger partial charge in [0, 0.05) is 23.7 Å². The number of hydrogen-bond donors (Lipinski definition) is 4. The maximum atomic E-state index is 10.1. The summed E-state index contributed by atoms with van der Waals surface area (Å²) in [5, 5.41) is 21.8. The molecule has 0 saturated carbocycles. The predicted octanol–water partition coefficient (Wildman–Crippen LogP) is 4.74. The number of rotatable bonds is 12. The van der Waals surface area contributed by atoms with Crippen LogP contribution >= 0.6 is 0 Å². The minimum absolute atomic E-state index is 0.0178. The minimum Gasteiger partial charge on any atom is -0.394 e. The third-order valence-corrected chi connectivity index (χ3v) is 6.71. The van der Waals surface area contributed by atoms with E-state index < -0.39 is 5.54 Å². The number of aliphatic hydroxyl groups excluding tert-OH is 1. The Morgan fingerprint density at radius 1 is 1.11 bits per heavy atom. The number of nitrogens with zero attached hydrogens (tertiary/aromatic N) is 5. The summed E-state index contributed by atoms with van der Waals surface area (Å²) >= 11 is 0. The van der Waals surface area contributed by atoms with Crippen LogP contribution < -0.4 is 11.1 Å². The van der Waals surface area contributed by atoms with Gasteiger partial charge in [-0.2, -0.15) is 10.1 Å². The monoisotopic (exact) mass is 490 g/mol. The third-order valence-electron chi connectivity index (χ3n) is 6.71. The van der Waals surface area contributed by atoms with E-state index in [1.54, 1.807) is 0 Å². The van der Waals surface area contributed by atoms with Crippen LogP contribution in [0, 0.1) is 0 Å². The topological polar surface area (TPSA) is 129 Å². The molecular formula is C27H38N8O. The van der Waals surface area contributed by atoms with Crippen molar-refractivity contribution in [3.63, 3.8) is 0 Å². The van der Waals surface area contributed by atoms with Crippen LogP contribution in [0.25, 0.3) is 33.1 Å². The molecule has 3 aromatic heterocycles. The Bertz CT molecular complexity index is 1320. The Morgan fingerprint density at radius 2 is 1.92 bits per heavy atom. The number of fused-ring (bicyclic) bond motifs is 2. The number of aromatic amines is 1. The lowest BCUT2D eigenvalue weighted by molar-refractivity contribution is 0.212. The zero-order chi connectivity index (χ0) is 25.7. The lowest BCUT2D eigenvalue weighted by Crippen LogP contribution is -2.39. The summed E-state index contributed by atoms with van der Waals surface area (Å²) < 4.78 is 0. The average Bonchev–Trinajstić information content (AvgIpc) is 3.32. The Kier molecular flexibility index (Phi) is 8.01. The van der Waals surface area contributed by atoms with Crippen LogP contribution in [-0.2, 0) is 6.54 Å². The van der Waals surface area contributed by atoms with Crippen LogP contribution in [-0.4, -0.2) is 60.9 Å². The molecule has 0 aliphatic carbocycles. The summed E-state index contributed by atoms with van der Waals surface area (Å²) in [6, 6.07) is 6.35. The summed E-state index contributed by atoms with van der Waals surface area (Å²) in [6.45, 7) is 8.16. The normalized spacial score (nSPS) is 13.5. The number of pyridine rings is 1. The summed E-state index contributed by atoms with van der Waals surface area (Å²) in [5.74, 6) is 0.714. The molecule has 4 aromatic rings. The number of H-pyrrole nitrogens is 1. The van der Waals surface area contributed by atoms with Crippen molar-refractivity contribution >= 4 is 33.7 Å². The molecule has 0 fully saturated rings. The molecule has 0 saturated heterocycles. The number of benzene rings is 1. The Hall–Kier alpha value is -3.30. The average molecular weight is 491 g/mol. The van der Waals surface area contributed by atoms with E-state index in [9.17, 15) is 5.11 Å². The second-order valence-electron chi connectivity index (χ2n) is 10.0. The van der Waals surface area contributed by atoms with Crippen LogP contribution in [0.4, 0.5) is 11.8 Å². The van der Waals surface area contributed by atoms with Gasteiger partial charge in [0.1, 0.15) is 5.52 Å². The number of nitrogens with two attached hydrogens (primary N) is 1. The zero-order valence-electron chi connectivity index (χ0n) is 21.8. The molecule has 1 atom stereocenters. The molecule has 5 N–H and O–H groups in total. The molecule has 9 heteroatoms. The maximum absolute atomic E-state index is 10.1. The van der Waals surface area contributed by atoms with Crippen molar-refractivity contribution in [1.82, 2.24) is 30.0 Å². The number of hydrogen-bond acceptors (Lipinski definition) is 8. The molecule has 192 valence electrons. The summed E-state index contributed by atoms with van der Waals surface area (Å²) in [7, 11) is 2.15. The highest BCUT2D eigenvalue weighted by atomic mass is 16.3. The molecule has 0 aliphatic rings. The summed E-state index contributed by atoms with van der Waals surface area (Å²) in [5.41, 5.74) is 11.1. The fraction of sp³-hybridized carbons (Fsp3) is 0.481. The third kappa shape index (κ3) is 5.74. The molecule has 3 heterocycles. The van der Waals surface area contributed by atoms with Gasteiger partial charge in [-0.1, -0.05) is 33.1 Å². The minimum atomic E-state index is -0.521. The Morgan fingerprint density at radius 3 is 2.67 bits per heavy atom. The van der Waals surface area contributed by atoms with Gasteiger partial charge in [0.2, 0.25) is 5.95 Å². The maximum Gasteiger partial charge on any atom is 0.222 e. The summed E-state index contributed by atoms with van der Waals surface area (Å²) in [6.07, 6.45) is 8.87. The van der Waals surface area contributed by atoms with Crippen LogP contribution in [0.2, 0.25) is 0 Å². The van der Waals surface area contributed by atoms with Crippen molar-refractivity contribution in [2.24, 2.45) is 0 Å². The van der Waals surface area contributed by atoms with Crippen LogP contribution in [0.5, 0.6) is 0 Å². The number of unbranched alkanes of at least 4 members (excludes halogenated alkanes) is 2. The first-order valence-corrected chi connectivity index (χ1v) is 12.8. The standard InChI is InChI=1S/C27H38N8O/c1-5-7-9-27(3,17-36)33-25-24-23(31-26(28)32-25)12-18(14-29-24)21-11-19-15-30-34-22(19)13-20(21)16-35(4)10-8-6-2/h11-15,36H,5-10,16-17H2,1-4H3,(H,30,34)(H3,28,31,32,33)/t27-/m1/s1. The van der Waals surface area contributed by atoms with Crippen molar-refractivity contribution in [3.05, 3.63) is 36.2 Å².